The van der Waals surface area contributed by atoms with Crippen LogP contribution in [0.15, 0.2) is 29.4 Å². The Morgan fingerprint density at radius 3 is 2.00 bits per heavy atom. The Bertz CT molecular complexity index is 768. The zero-order valence-electron chi connectivity index (χ0n) is 13.7. The summed E-state index contributed by atoms with van der Waals surface area (Å²) in [5, 5.41) is 0. The number of hydrogen-bond acceptors (Lipinski definition) is 3. The molecule has 0 bridgehead atoms. The molecule has 0 spiro atoms. The van der Waals surface area contributed by atoms with E-state index in [1.807, 2.05) is 40.7 Å². The molecule has 0 aliphatic carbocycles. The number of hydrogen-bond donors (Lipinski definition) is 1. The zero-order chi connectivity index (χ0) is 16.5. The summed E-state index contributed by atoms with van der Waals surface area (Å²) >= 11 is 0. The van der Waals surface area contributed by atoms with E-state index in [0.717, 1.165) is 33.4 Å². The average Bonchev–Trinajstić information content (AvgIpc) is 2.50. The molecule has 22 heavy (non-hydrogen) atoms. The largest absolute Gasteiger partial charge is 0.264 e. The van der Waals surface area contributed by atoms with Crippen LogP contribution in [-0.4, -0.2) is 13.4 Å². The fourth-order valence-corrected chi connectivity index (χ4v) is 4.24. The quantitative estimate of drug-likeness (QED) is 0.942. The standard InChI is InChI=1S/C17H22N2O2S/c1-11-12(2)14(4)17(15(5)13(11)3)22(20,21)19-10-16-7-6-8-18-9-16/h6-9,19H,10H2,1-5H3. The Kier molecular flexibility index (Phi) is 4.68. The molecule has 0 unspecified atom stereocenters. The number of nitrogens with one attached hydrogen (secondary N) is 1. The maximum absolute atomic E-state index is 12.7. The summed E-state index contributed by atoms with van der Waals surface area (Å²) in [6, 6.07) is 3.64. The van der Waals surface area contributed by atoms with Crippen LogP contribution in [0.1, 0.15) is 33.4 Å². The van der Waals surface area contributed by atoms with Crippen molar-refractivity contribution in [3.63, 3.8) is 0 Å². The molecule has 0 saturated heterocycles. The van der Waals surface area contributed by atoms with Gasteiger partial charge in [0.05, 0.1) is 4.90 Å². The second-order valence-corrected chi connectivity index (χ2v) is 7.34. The van der Waals surface area contributed by atoms with Crippen LogP contribution in [0.3, 0.4) is 0 Å². The Morgan fingerprint density at radius 1 is 0.955 bits per heavy atom. The van der Waals surface area contributed by atoms with Crippen LogP contribution < -0.4 is 4.72 Å². The number of nitrogens with zero attached hydrogens (tertiary/aromatic N) is 1. The first kappa shape index (κ1) is 16.6. The van der Waals surface area contributed by atoms with E-state index < -0.39 is 10.0 Å². The number of sulfonamides is 1. The van der Waals surface area contributed by atoms with Crippen LogP contribution in [0.5, 0.6) is 0 Å². The first-order chi connectivity index (χ1) is 10.3. The maximum Gasteiger partial charge on any atom is 0.241 e. The Morgan fingerprint density at radius 2 is 1.50 bits per heavy atom. The molecule has 2 rings (SSSR count). The lowest BCUT2D eigenvalue weighted by Crippen LogP contribution is -2.25. The Balaban J connectivity index is 2.42. The third-order valence-corrected chi connectivity index (χ3v) is 6.06. The van der Waals surface area contributed by atoms with E-state index in [2.05, 4.69) is 9.71 Å². The molecule has 0 aliphatic heterocycles. The van der Waals surface area contributed by atoms with E-state index in [1.54, 1.807) is 18.5 Å². The fourth-order valence-electron chi connectivity index (χ4n) is 2.62. The Hall–Kier alpha value is -1.72. The van der Waals surface area contributed by atoms with E-state index in [-0.39, 0.29) is 6.54 Å². The van der Waals surface area contributed by atoms with Gasteiger partial charge in [0.2, 0.25) is 10.0 Å². The highest BCUT2D eigenvalue weighted by molar-refractivity contribution is 7.89. The highest BCUT2D eigenvalue weighted by Gasteiger charge is 2.23. The maximum atomic E-state index is 12.7. The van der Waals surface area contributed by atoms with Crippen molar-refractivity contribution < 1.29 is 8.42 Å². The second-order valence-electron chi connectivity index (χ2n) is 5.64. The van der Waals surface area contributed by atoms with Gasteiger partial charge in [0, 0.05) is 18.9 Å². The summed E-state index contributed by atoms with van der Waals surface area (Å²) < 4.78 is 28.1. The fraction of sp³-hybridized carbons (Fsp3) is 0.353. The van der Waals surface area contributed by atoms with Crippen molar-refractivity contribution >= 4 is 10.0 Å². The van der Waals surface area contributed by atoms with Crippen molar-refractivity contribution in [2.45, 2.75) is 46.1 Å². The highest BCUT2D eigenvalue weighted by Crippen LogP contribution is 2.29. The molecular formula is C17H22N2O2S. The summed E-state index contributed by atoms with van der Waals surface area (Å²) in [6.45, 7) is 9.94. The van der Waals surface area contributed by atoms with Gasteiger partial charge in [-0.2, -0.15) is 0 Å². The van der Waals surface area contributed by atoms with Crippen LogP contribution in [-0.2, 0) is 16.6 Å². The predicted octanol–water partition coefficient (Wildman–Crippen LogP) is 3.10. The minimum Gasteiger partial charge on any atom is -0.264 e. The number of pyridine rings is 1. The van der Waals surface area contributed by atoms with E-state index in [9.17, 15) is 8.42 Å². The van der Waals surface area contributed by atoms with Gasteiger partial charge in [0.25, 0.3) is 0 Å². The number of rotatable bonds is 4. The molecular weight excluding hydrogens is 296 g/mol. The summed E-state index contributed by atoms with van der Waals surface area (Å²) in [6.07, 6.45) is 3.33. The molecule has 0 amide bonds. The van der Waals surface area contributed by atoms with E-state index in [1.165, 1.54) is 0 Å². The van der Waals surface area contributed by atoms with Crippen molar-refractivity contribution in [1.29, 1.82) is 0 Å². The monoisotopic (exact) mass is 318 g/mol. The average molecular weight is 318 g/mol. The zero-order valence-corrected chi connectivity index (χ0v) is 14.5. The van der Waals surface area contributed by atoms with Crippen LogP contribution in [0, 0.1) is 34.6 Å². The van der Waals surface area contributed by atoms with Crippen LogP contribution in [0.2, 0.25) is 0 Å². The minimum absolute atomic E-state index is 0.237. The smallest absolute Gasteiger partial charge is 0.241 e. The highest BCUT2D eigenvalue weighted by atomic mass is 32.2. The lowest BCUT2D eigenvalue weighted by atomic mass is 9.95. The predicted molar refractivity (Wildman–Crippen MR) is 88.4 cm³/mol. The topological polar surface area (TPSA) is 59.1 Å². The van der Waals surface area contributed by atoms with Gasteiger partial charge < -0.3 is 0 Å². The molecule has 0 aliphatic rings. The molecule has 1 aromatic heterocycles. The number of benzene rings is 1. The molecule has 118 valence electrons. The minimum atomic E-state index is -3.56. The van der Waals surface area contributed by atoms with E-state index in [0.29, 0.717) is 4.90 Å². The molecule has 1 aromatic carbocycles. The van der Waals surface area contributed by atoms with Crippen LogP contribution in [0.4, 0.5) is 0 Å². The van der Waals surface area contributed by atoms with Gasteiger partial charge in [0.15, 0.2) is 0 Å². The van der Waals surface area contributed by atoms with Crippen LogP contribution in [0.25, 0.3) is 0 Å². The first-order valence-corrected chi connectivity index (χ1v) is 8.69. The summed E-state index contributed by atoms with van der Waals surface area (Å²) in [4.78, 5) is 4.40. The molecule has 1 heterocycles. The van der Waals surface area contributed by atoms with Gasteiger partial charge >= 0.3 is 0 Å². The van der Waals surface area contributed by atoms with Crippen molar-refractivity contribution in [3.8, 4) is 0 Å². The lowest BCUT2D eigenvalue weighted by Gasteiger charge is -2.19. The summed E-state index contributed by atoms with van der Waals surface area (Å²) in [5.41, 5.74) is 5.69. The van der Waals surface area contributed by atoms with Crippen molar-refractivity contribution in [1.82, 2.24) is 9.71 Å². The van der Waals surface area contributed by atoms with Crippen molar-refractivity contribution in [2.24, 2.45) is 0 Å². The summed E-state index contributed by atoms with van der Waals surface area (Å²) in [7, 11) is -3.56. The molecule has 2 aromatic rings. The van der Waals surface area contributed by atoms with Gasteiger partial charge in [-0.05, 0) is 74.1 Å². The molecule has 5 heteroatoms. The van der Waals surface area contributed by atoms with E-state index in [4.69, 9.17) is 0 Å². The number of aromatic nitrogens is 1. The molecule has 1 N–H and O–H groups in total. The SMILES string of the molecule is Cc1c(C)c(C)c(S(=O)(=O)NCc2cccnc2)c(C)c1C. The summed E-state index contributed by atoms with van der Waals surface area (Å²) in [5.74, 6) is 0. The third kappa shape index (κ3) is 3.05. The third-order valence-electron chi connectivity index (χ3n) is 4.39. The molecule has 0 saturated carbocycles. The van der Waals surface area contributed by atoms with Gasteiger partial charge in [-0.1, -0.05) is 6.07 Å². The molecule has 0 radical (unpaired) electrons. The normalized spacial score (nSPS) is 11.7. The second kappa shape index (κ2) is 6.18. The first-order valence-electron chi connectivity index (χ1n) is 7.21. The van der Waals surface area contributed by atoms with Gasteiger partial charge in [-0.15, -0.1) is 0 Å². The van der Waals surface area contributed by atoms with E-state index >= 15 is 0 Å². The lowest BCUT2D eigenvalue weighted by molar-refractivity contribution is 0.579. The molecule has 0 atom stereocenters. The van der Waals surface area contributed by atoms with Crippen LogP contribution >= 0.6 is 0 Å². The van der Waals surface area contributed by atoms with Gasteiger partial charge in [-0.25, -0.2) is 13.1 Å². The molecule has 0 fully saturated rings. The van der Waals surface area contributed by atoms with Crippen molar-refractivity contribution in [2.75, 3.05) is 0 Å². The van der Waals surface area contributed by atoms with Crippen molar-refractivity contribution in [3.05, 3.63) is 57.9 Å². The van der Waals surface area contributed by atoms with Gasteiger partial charge in [0.1, 0.15) is 0 Å². The Labute approximate surface area is 132 Å². The van der Waals surface area contributed by atoms with Gasteiger partial charge in [-0.3, -0.25) is 4.98 Å². The molecule has 4 nitrogen and oxygen atoms in total.